The molecule has 0 bridgehead atoms. The molecule has 1 N–H and O–H groups in total. The number of aliphatic hydroxyl groups is 1. The number of hydrogen-bond acceptors (Lipinski definition) is 3. The maximum absolute atomic E-state index is 13.1. The van der Waals surface area contributed by atoms with Gasteiger partial charge in [0.15, 0.2) is 5.78 Å². The number of benzene rings is 3. The summed E-state index contributed by atoms with van der Waals surface area (Å²) in [6.45, 7) is 2.12. The van der Waals surface area contributed by atoms with Gasteiger partial charge in [-0.25, -0.2) is 4.39 Å². The predicted molar refractivity (Wildman–Crippen MR) is 116 cm³/mol. The molecule has 3 nitrogen and oxygen atoms in total. The highest BCUT2D eigenvalue weighted by Crippen LogP contribution is 2.27. The molecule has 0 spiro atoms. The fraction of sp³-hybridized carbons (Fsp3) is 0.292. The first-order chi connectivity index (χ1) is 13.6. The van der Waals surface area contributed by atoms with E-state index in [9.17, 15) is 14.3 Å². The third kappa shape index (κ3) is 4.84. The lowest BCUT2D eigenvalue weighted by atomic mass is 9.88. The molecule has 0 amide bonds. The first-order valence-corrected chi connectivity index (χ1v) is 9.79. The number of fused-ring (bicyclic) bond motifs is 1. The van der Waals surface area contributed by atoms with Crippen LogP contribution in [0.3, 0.4) is 0 Å². The summed E-state index contributed by atoms with van der Waals surface area (Å²) in [6, 6.07) is 19.9. The van der Waals surface area contributed by atoms with Crippen LogP contribution in [-0.4, -0.2) is 35.4 Å². The van der Waals surface area contributed by atoms with Gasteiger partial charge in [0.1, 0.15) is 5.82 Å². The zero-order valence-electron chi connectivity index (χ0n) is 16.1. The Hall–Kier alpha value is -2.27. The Bertz CT molecular complexity index is 963. The molecule has 29 heavy (non-hydrogen) atoms. The molecule has 4 rings (SSSR count). The highest BCUT2D eigenvalue weighted by molar-refractivity contribution is 5.97. The number of β-amino-alcohol motifs (C(OH)–C–C–N with tert-alkyl or cyclic N) is 1. The van der Waals surface area contributed by atoms with Gasteiger partial charge in [0.05, 0.1) is 6.10 Å². The van der Waals surface area contributed by atoms with Crippen molar-refractivity contribution in [2.45, 2.75) is 18.9 Å². The number of nitrogens with zero attached hydrogens (tertiary/aromatic N) is 1. The smallest absolute Gasteiger partial charge is 0.166 e. The second-order valence-electron chi connectivity index (χ2n) is 7.53. The van der Waals surface area contributed by atoms with Crippen molar-refractivity contribution in [1.29, 1.82) is 0 Å². The topological polar surface area (TPSA) is 40.5 Å². The van der Waals surface area contributed by atoms with Gasteiger partial charge in [0.2, 0.25) is 0 Å². The van der Waals surface area contributed by atoms with E-state index in [0.717, 1.165) is 42.3 Å². The van der Waals surface area contributed by atoms with E-state index in [0.29, 0.717) is 12.1 Å². The fourth-order valence-electron chi connectivity index (χ4n) is 4.11. The van der Waals surface area contributed by atoms with Crippen molar-refractivity contribution in [3.63, 3.8) is 0 Å². The third-order valence-corrected chi connectivity index (χ3v) is 5.70. The Balaban J connectivity index is 0.00000240. The second-order valence-corrected chi connectivity index (χ2v) is 7.53. The van der Waals surface area contributed by atoms with Crippen molar-refractivity contribution < 1.29 is 14.3 Å². The number of carbonyl (C=O) groups excluding carboxylic acids is 1. The summed E-state index contributed by atoms with van der Waals surface area (Å²) >= 11 is 0. The average molecular weight is 414 g/mol. The van der Waals surface area contributed by atoms with E-state index in [2.05, 4.69) is 17.0 Å². The number of rotatable bonds is 5. The Morgan fingerprint density at radius 1 is 1.00 bits per heavy atom. The van der Waals surface area contributed by atoms with Gasteiger partial charge in [-0.15, -0.1) is 12.4 Å². The van der Waals surface area contributed by atoms with Crippen molar-refractivity contribution in [3.8, 4) is 0 Å². The van der Waals surface area contributed by atoms with Gasteiger partial charge in [-0.2, -0.15) is 0 Å². The molecule has 0 radical (unpaired) electrons. The molecule has 1 atom stereocenters. The van der Waals surface area contributed by atoms with Crippen molar-refractivity contribution >= 4 is 29.0 Å². The van der Waals surface area contributed by atoms with Crippen LogP contribution in [0.15, 0.2) is 66.7 Å². The van der Waals surface area contributed by atoms with Crippen LogP contribution in [0.2, 0.25) is 0 Å². The highest BCUT2D eigenvalue weighted by atomic mass is 35.5. The highest BCUT2D eigenvalue weighted by Gasteiger charge is 2.27. The van der Waals surface area contributed by atoms with E-state index in [-0.39, 0.29) is 29.9 Å². The van der Waals surface area contributed by atoms with E-state index >= 15 is 0 Å². The lowest BCUT2D eigenvalue weighted by Crippen LogP contribution is -2.38. The number of likely N-dealkylation sites (tertiary alicyclic amines) is 1. The lowest BCUT2D eigenvalue weighted by Gasteiger charge is -2.32. The van der Waals surface area contributed by atoms with E-state index in [1.807, 2.05) is 30.3 Å². The van der Waals surface area contributed by atoms with Crippen LogP contribution in [0.25, 0.3) is 10.8 Å². The van der Waals surface area contributed by atoms with Gasteiger partial charge in [0.25, 0.3) is 0 Å². The van der Waals surface area contributed by atoms with Crippen molar-refractivity contribution in [2.24, 2.45) is 5.92 Å². The van der Waals surface area contributed by atoms with E-state index in [1.165, 1.54) is 12.1 Å². The number of ketones is 1. The summed E-state index contributed by atoms with van der Waals surface area (Å²) in [6.07, 6.45) is 0.965. The number of carbonyl (C=O) groups is 1. The molecule has 1 aliphatic heterocycles. The fourth-order valence-corrected chi connectivity index (χ4v) is 4.11. The first kappa shape index (κ1) is 21.4. The molecular formula is C24H25ClFNO2. The zero-order valence-corrected chi connectivity index (χ0v) is 16.9. The average Bonchev–Trinajstić information content (AvgIpc) is 2.74. The Morgan fingerprint density at radius 3 is 2.38 bits per heavy atom. The van der Waals surface area contributed by atoms with Crippen LogP contribution in [0.1, 0.15) is 34.9 Å². The van der Waals surface area contributed by atoms with Crippen LogP contribution in [0.5, 0.6) is 0 Å². The molecule has 152 valence electrons. The minimum atomic E-state index is -0.560. The molecular weight excluding hydrogens is 389 g/mol. The number of halogens is 2. The summed E-state index contributed by atoms with van der Waals surface area (Å²) in [7, 11) is 0. The van der Waals surface area contributed by atoms with Crippen LogP contribution in [0, 0.1) is 11.7 Å². The molecule has 5 heteroatoms. The SMILES string of the molecule is Cl.O=C(c1ccc(F)cc1)C1CCN(C[C@@H](O)c2cccc3ccccc23)CC1. The van der Waals surface area contributed by atoms with Crippen LogP contribution in [-0.2, 0) is 0 Å². The summed E-state index contributed by atoms with van der Waals surface area (Å²) < 4.78 is 13.1. The van der Waals surface area contributed by atoms with Gasteiger partial charge in [-0.05, 0) is 66.5 Å². The van der Waals surface area contributed by atoms with E-state index in [1.54, 1.807) is 12.1 Å². The minimum absolute atomic E-state index is 0. The van der Waals surface area contributed by atoms with Gasteiger partial charge in [0, 0.05) is 18.0 Å². The molecule has 0 aliphatic carbocycles. The summed E-state index contributed by atoms with van der Waals surface area (Å²) in [5, 5.41) is 13.0. The summed E-state index contributed by atoms with van der Waals surface area (Å²) in [4.78, 5) is 14.8. The van der Waals surface area contributed by atoms with Crippen molar-refractivity contribution in [2.75, 3.05) is 19.6 Å². The predicted octanol–water partition coefficient (Wildman–Crippen LogP) is 5.03. The van der Waals surface area contributed by atoms with Crippen molar-refractivity contribution in [1.82, 2.24) is 4.90 Å². The number of Topliss-reactive ketones (excluding diaryl/α,β-unsaturated/α-hetero) is 1. The normalized spacial score (nSPS) is 16.3. The molecule has 3 aromatic carbocycles. The minimum Gasteiger partial charge on any atom is -0.387 e. The maximum atomic E-state index is 13.1. The Kier molecular flexibility index (Phi) is 7.01. The Labute approximate surface area is 176 Å². The molecule has 3 aromatic rings. The van der Waals surface area contributed by atoms with Crippen LogP contribution in [0.4, 0.5) is 4.39 Å². The number of hydrogen-bond donors (Lipinski definition) is 1. The molecule has 0 saturated carbocycles. The maximum Gasteiger partial charge on any atom is 0.166 e. The van der Waals surface area contributed by atoms with Crippen LogP contribution < -0.4 is 0 Å². The molecule has 1 fully saturated rings. The number of piperidine rings is 1. The third-order valence-electron chi connectivity index (χ3n) is 5.70. The zero-order chi connectivity index (χ0) is 19.5. The molecule has 0 unspecified atom stereocenters. The van der Waals surface area contributed by atoms with Crippen LogP contribution >= 0.6 is 12.4 Å². The molecule has 1 aliphatic rings. The molecule has 1 saturated heterocycles. The standard InChI is InChI=1S/C24H24FNO2.ClH/c25-20-10-8-18(9-11-20)24(28)19-12-14-26(15-13-19)16-23(27)22-7-3-5-17-4-1-2-6-21(17)22;/h1-11,19,23,27H,12-16H2;1H/t23-;/m1./s1. The Morgan fingerprint density at radius 2 is 1.66 bits per heavy atom. The van der Waals surface area contributed by atoms with Gasteiger partial charge >= 0.3 is 0 Å². The van der Waals surface area contributed by atoms with Gasteiger partial charge < -0.3 is 10.0 Å². The van der Waals surface area contributed by atoms with Gasteiger partial charge in [-0.1, -0.05) is 42.5 Å². The monoisotopic (exact) mass is 413 g/mol. The first-order valence-electron chi connectivity index (χ1n) is 9.79. The number of aliphatic hydroxyl groups excluding tert-OH is 1. The summed E-state index contributed by atoms with van der Waals surface area (Å²) in [5.74, 6) is -0.264. The van der Waals surface area contributed by atoms with E-state index < -0.39 is 6.10 Å². The lowest BCUT2D eigenvalue weighted by molar-refractivity contribution is 0.0730. The molecule has 0 aromatic heterocycles. The van der Waals surface area contributed by atoms with Gasteiger partial charge in [-0.3, -0.25) is 4.79 Å². The summed E-state index contributed by atoms with van der Waals surface area (Å²) in [5.41, 5.74) is 1.53. The van der Waals surface area contributed by atoms with Crippen molar-refractivity contribution in [3.05, 3.63) is 83.7 Å². The quantitative estimate of drug-likeness (QED) is 0.596. The molecule has 1 heterocycles. The largest absolute Gasteiger partial charge is 0.387 e. The second kappa shape index (κ2) is 9.49. The van der Waals surface area contributed by atoms with E-state index in [4.69, 9.17) is 0 Å².